The first-order valence-electron chi connectivity index (χ1n) is 7.02. The molecule has 0 spiro atoms. The summed E-state index contributed by atoms with van der Waals surface area (Å²) in [7, 11) is 0. The zero-order chi connectivity index (χ0) is 14.8. The predicted molar refractivity (Wildman–Crippen MR) is 76.2 cm³/mol. The lowest BCUT2D eigenvalue weighted by molar-refractivity contribution is -0.0725. The van der Waals surface area contributed by atoms with Crippen LogP contribution in [-0.2, 0) is 16.0 Å². The minimum absolute atomic E-state index is 0.0939. The lowest BCUT2D eigenvalue weighted by atomic mass is 10.3. The van der Waals surface area contributed by atoms with Gasteiger partial charge in [-0.25, -0.2) is 9.97 Å². The number of nitrogens with zero attached hydrogens (tertiary/aromatic N) is 4. The van der Waals surface area contributed by atoms with Crippen molar-refractivity contribution in [1.82, 2.24) is 24.7 Å². The molecule has 2 unspecified atom stereocenters. The van der Waals surface area contributed by atoms with Gasteiger partial charge in [0.15, 0.2) is 11.9 Å². The molecule has 1 aliphatic heterocycles. The van der Waals surface area contributed by atoms with E-state index in [1.807, 2.05) is 16.8 Å². The number of aromatic amines is 1. The third-order valence-corrected chi connectivity index (χ3v) is 3.47. The Morgan fingerprint density at radius 3 is 3.32 bits per heavy atom. The van der Waals surface area contributed by atoms with Crippen LogP contribution < -0.4 is 4.74 Å². The van der Waals surface area contributed by atoms with Crippen LogP contribution in [0.5, 0.6) is 5.75 Å². The standard InChI is InChI=1S/C14H15N5O3/c1-2-16-14-11(5-17-18-14)12(1)20-7-10-8-21-13(22-10)6-19-4-3-15-9-19/h1-5,9-10,13H,6-8H2,(H,16,17,18). The van der Waals surface area contributed by atoms with Crippen LogP contribution in [0.1, 0.15) is 0 Å². The van der Waals surface area contributed by atoms with E-state index in [2.05, 4.69) is 20.2 Å². The number of ether oxygens (including phenoxy) is 3. The van der Waals surface area contributed by atoms with Crippen molar-refractivity contribution >= 4 is 11.0 Å². The molecule has 1 N–H and O–H groups in total. The van der Waals surface area contributed by atoms with Crippen LogP contribution in [0.15, 0.2) is 37.2 Å². The summed E-state index contributed by atoms with van der Waals surface area (Å²) in [6.07, 6.45) is 8.37. The van der Waals surface area contributed by atoms with Crippen molar-refractivity contribution in [3.63, 3.8) is 0 Å². The second-order valence-electron chi connectivity index (χ2n) is 5.03. The summed E-state index contributed by atoms with van der Waals surface area (Å²) in [5.41, 5.74) is 0.707. The minimum Gasteiger partial charge on any atom is -0.490 e. The molecule has 0 amide bonds. The number of rotatable bonds is 5. The van der Waals surface area contributed by atoms with Gasteiger partial charge in [-0.05, 0) is 6.07 Å². The highest BCUT2D eigenvalue weighted by Crippen LogP contribution is 2.23. The van der Waals surface area contributed by atoms with E-state index in [9.17, 15) is 0 Å². The van der Waals surface area contributed by atoms with Gasteiger partial charge in [0.2, 0.25) is 0 Å². The van der Waals surface area contributed by atoms with E-state index >= 15 is 0 Å². The maximum atomic E-state index is 5.82. The van der Waals surface area contributed by atoms with E-state index in [0.29, 0.717) is 25.4 Å². The fourth-order valence-electron chi connectivity index (χ4n) is 2.39. The van der Waals surface area contributed by atoms with E-state index in [4.69, 9.17) is 14.2 Å². The molecular weight excluding hydrogens is 286 g/mol. The Bertz CT molecular complexity index is 742. The molecule has 8 heteroatoms. The molecule has 0 bridgehead atoms. The van der Waals surface area contributed by atoms with Crippen molar-refractivity contribution in [1.29, 1.82) is 0 Å². The molecule has 1 saturated heterocycles. The van der Waals surface area contributed by atoms with Crippen LogP contribution in [0.25, 0.3) is 11.0 Å². The van der Waals surface area contributed by atoms with Crippen LogP contribution in [0.3, 0.4) is 0 Å². The van der Waals surface area contributed by atoms with Crippen LogP contribution in [0, 0.1) is 0 Å². The summed E-state index contributed by atoms with van der Waals surface area (Å²) in [5, 5.41) is 7.64. The Labute approximate surface area is 126 Å². The number of aromatic nitrogens is 5. The third kappa shape index (κ3) is 2.66. The Kier molecular flexibility index (Phi) is 3.45. The van der Waals surface area contributed by atoms with Gasteiger partial charge < -0.3 is 18.8 Å². The third-order valence-electron chi connectivity index (χ3n) is 3.47. The molecule has 3 aromatic rings. The maximum Gasteiger partial charge on any atom is 0.176 e. The molecule has 0 radical (unpaired) electrons. The van der Waals surface area contributed by atoms with Gasteiger partial charge in [0.1, 0.15) is 18.5 Å². The van der Waals surface area contributed by atoms with Crippen molar-refractivity contribution < 1.29 is 14.2 Å². The average molecular weight is 301 g/mol. The molecule has 1 fully saturated rings. The van der Waals surface area contributed by atoms with Gasteiger partial charge >= 0.3 is 0 Å². The molecule has 4 heterocycles. The van der Waals surface area contributed by atoms with Gasteiger partial charge in [-0.15, -0.1) is 0 Å². The number of H-pyrrole nitrogens is 1. The lowest BCUT2D eigenvalue weighted by Gasteiger charge is -2.13. The summed E-state index contributed by atoms with van der Waals surface area (Å²) in [6.45, 7) is 1.56. The Balaban J connectivity index is 1.34. The van der Waals surface area contributed by atoms with Crippen molar-refractivity contribution in [3.05, 3.63) is 37.2 Å². The van der Waals surface area contributed by atoms with Crippen LogP contribution in [-0.4, -0.2) is 50.3 Å². The highest BCUT2D eigenvalue weighted by atomic mass is 16.7. The second kappa shape index (κ2) is 5.74. The van der Waals surface area contributed by atoms with E-state index < -0.39 is 0 Å². The summed E-state index contributed by atoms with van der Waals surface area (Å²) < 4.78 is 19.2. The predicted octanol–water partition coefficient (Wildman–Crippen LogP) is 0.975. The maximum absolute atomic E-state index is 5.82. The van der Waals surface area contributed by atoms with Crippen molar-refractivity contribution in [2.75, 3.05) is 13.2 Å². The first-order valence-corrected chi connectivity index (χ1v) is 7.02. The van der Waals surface area contributed by atoms with Gasteiger partial charge in [-0.1, -0.05) is 0 Å². The van der Waals surface area contributed by atoms with E-state index in [-0.39, 0.29) is 12.4 Å². The highest BCUT2D eigenvalue weighted by Gasteiger charge is 2.27. The SMILES string of the molecule is c1cn(CC2OCC(COc3ccnc4[nH]ncc34)O2)cn1. The lowest BCUT2D eigenvalue weighted by Crippen LogP contribution is -2.22. The molecule has 1 aliphatic rings. The molecule has 8 nitrogen and oxygen atoms in total. The fraction of sp³-hybridized carbons (Fsp3) is 0.357. The molecule has 2 atom stereocenters. The first kappa shape index (κ1) is 13.2. The van der Waals surface area contributed by atoms with Gasteiger partial charge in [0, 0.05) is 18.6 Å². The molecule has 0 saturated carbocycles. The van der Waals surface area contributed by atoms with Gasteiger partial charge in [0.25, 0.3) is 0 Å². The normalized spacial score (nSPS) is 21.5. The van der Waals surface area contributed by atoms with Gasteiger partial charge in [-0.2, -0.15) is 5.10 Å². The summed E-state index contributed by atoms with van der Waals surface area (Å²) in [5.74, 6) is 0.736. The highest BCUT2D eigenvalue weighted by molar-refractivity contribution is 5.80. The largest absolute Gasteiger partial charge is 0.490 e. The van der Waals surface area contributed by atoms with Crippen LogP contribution >= 0.6 is 0 Å². The van der Waals surface area contributed by atoms with E-state index in [0.717, 1.165) is 11.1 Å². The topological polar surface area (TPSA) is 87.1 Å². The number of imidazole rings is 1. The monoisotopic (exact) mass is 301 g/mol. The van der Waals surface area contributed by atoms with Crippen molar-refractivity contribution in [3.8, 4) is 5.75 Å². The van der Waals surface area contributed by atoms with Crippen molar-refractivity contribution in [2.45, 2.75) is 18.9 Å². The number of hydrogen-bond donors (Lipinski definition) is 1. The minimum atomic E-state index is -0.269. The molecule has 22 heavy (non-hydrogen) atoms. The van der Waals surface area contributed by atoms with Crippen LogP contribution in [0.4, 0.5) is 0 Å². The molecule has 4 rings (SSSR count). The Morgan fingerprint density at radius 2 is 2.41 bits per heavy atom. The number of hydrogen-bond acceptors (Lipinski definition) is 6. The molecular formula is C14H15N5O3. The van der Waals surface area contributed by atoms with Crippen LogP contribution in [0.2, 0.25) is 0 Å². The number of fused-ring (bicyclic) bond motifs is 1. The zero-order valence-corrected chi connectivity index (χ0v) is 11.8. The Hall–Kier alpha value is -2.45. The first-order chi connectivity index (χ1) is 10.9. The Morgan fingerprint density at radius 1 is 1.41 bits per heavy atom. The average Bonchev–Trinajstić information content (AvgIpc) is 3.27. The summed E-state index contributed by atoms with van der Waals surface area (Å²) in [6, 6.07) is 1.82. The molecule has 0 aromatic carbocycles. The quantitative estimate of drug-likeness (QED) is 0.756. The molecule has 3 aromatic heterocycles. The van der Waals surface area contributed by atoms with E-state index in [1.165, 1.54) is 0 Å². The summed E-state index contributed by atoms with van der Waals surface area (Å²) in [4.78, 5) is 8.17. The zero-order valence-electron chi connectivity index (χ0n) is 11.8. The molecule has 114 valence electrons. The molecule has 0 aliphatic carbocycles. The second-order valence-corrected chi connectivity index (χ2v) is 5.03. The number of pyridine rings is 1. The fourth-order valence-corrected chi connectivity index (χ4v) is 2.39. The van der Waals surface area contributed by atoms with E-state index in [1.54, 1.807) is 24.9 Å². The van der Waals surface area contributed by atoms with Gasteiger partial charge in [0.05, 0.1) is 31.1 Å². The summed E-state index contributed by atoms with van der Waals surface area (Å²) >= 11 is 0. The number of nitrogens with one attached hydrogen (secondary N) is 1. The van der Waals surface area contributed by atoms with Gasteiger partial charge in [-0.3, -0.25) is 5.10 Å². The smallest absolute Gasteiger partial charge is 0.176 e. The van der Waals surface area contributed by atoms with Crippen molar-refractivity contribution in [2.24, 2.45) is 0 Å².